The summed E-state index contributed by atoms with van der Waals surface area (Å²) in [5.41, 5.74) is 1.26. The molecule has 2 N–H and O–H groups in total. The van der Waals surface area contributed by atoms with Crippen LogP contribution < -0.4 is 5.32 Å². The Labute approximate surface area is 249 Å². The summed E-state index contributed by atoms with van der Waals surface area (Å²) in [6.07, 6.45) is 1.77. The van der Waals surface area contributed by atoms with Gasteiger partial charge in [0.15, 0.2) is 0 Å². The Morgan fingerprint density at radius 1 is 1.12 bits per heavy atom. The first kappa shape index (κ1) is 29.7. The van der Waals surface area contributed by atoms with Crippen molar-refractivity contribution in [3.05, 3.63) is 77.8 Å². The predicted octanol–water partition coefficient (Wildman–Crippen LogP) is 4.39. The van der Waals surface area contributed by atoms with Crippen molar-refractivity contribution in [2.45, 2.75) is 44.1 Å². The molecule has 0 radical (unpaired) electrons. The fourth-order valence-electron chi connectivity index (χ4n) is 6.57. The van der Waals surface area contributed by atoms with Gasteiger partial charge in [-0.1, -0.05) is 30.3 Å². The minimum absolute atomic E-state index is 0.0307. The number of benzene rings is 2. The van der Waals surface area contributed by atoms with Gasteiger partial charge in [0.25, 0.3) is 0 Å². The molecule has 6 rings (SSSR count). The van der Waals surface area contributed by atoms with Crippen LogP contribution in [0.3, 0.4) is 0 Å². The first-order valence-electron chi connectivity index (χ1n) is 15.1. The average Bonchev–Trinajstić information content (AvgIpc) is 3.75. The molecule has 1 aromatic heterocycles. The molecule has 43 heavy (non-hydrogen) atoms. The van der Waals surface area contributed by atoms with Crippen LogP contribution in [-0.4, -0.2) is 88.7 Å². The molecule has 11 heteroatoms. The Kier molecular flexibility index (Phi) is 9.01. The SMILES string of the molecule is O=C(N1CCC(O)C1)N(C[C@@H]1CNC[C@@H]1F)[C@@H](c1nc(-c2cc(F)ccc2F)cn1Cc1ccccc1)C1CCOCC1. The molecule has 4 atom stereocenters. The van der Waals surface area contributed by atoms with Gasteiger partial charge in [0.1, 0.15) is 23.6 Å². The van der Waals surface area contributed by atoms with Crippen LogP contribution in [0.1, 0.15) is 36.7 Å². The molecule has 3 saturated heterocycles. The molecular formula is C32H38F3N5O3. The standard InChI is InChI=1S/C32H38F3N5O3/c33-24-6-7-27(34)26(14-24)29-20-39(17-21-4-2-1-3-5-21)31(37-29)30(22-9-12-43-13-10-22)40(18-23-15-36-16-28(23)35)32(42)38-11-8-25(41)19-38/h1-7,14,20,22-23,25,28,30,36,41H,8-13,15-19H2/t23-,25?,28-,30+/m0/s1. The molecule has 2 amide bonds. The number of urea groups is 1. The number of likely N-dealkylation sites (tertiary alicyclic amines) is 1. The first-order chi connectivity index (χ1) is 20.9. The summed E-state index contributed by atoms with van der Waals surface area (Å²) < 4.78 is 52.0. The molecule has 3 fully saturated rings. The molecule has 1 unspecified atom stereocenters. The lowest BCUT2D eigenvalue weighted by atomic mass is 9.89. The number of hydrogen-bond acceptors (Lipinski definition) is 5. The van der Waals surface area contributed by atoms with E-state index in [1.165, 1.54) is 0 Å². The minimum atomic E-state index is -1.11. The van der Waals surface area contributed by atoms with E-state index in [2.05, 4.69) is 5.32 Å². The molecule has 3 aromatic rings. The topological polar surface area (TPSA) is 82.9 Å². The van der Waals surface area contributed by atoms with E-state index in [0.717, 1.165) is 23.8 Å². The van der Waals surface area contributed by atoms with E-state index in [9.17, 15) is 14.3 Å². The number of nitrogens with one attached hydrogen (secondary N) is 1. The number of aliphatic hydroxyl groups is 1. The van der Waals surface area contributed by atoms with E-state index < -0.39 is 35.9 Å². The molecule has 3 aliphatic heterocycles. The second kappa shape index (κ2) is 13.1. The highest BCUT2D eigenvalue weighted by atomic mass is 19.1. The van der Waals surface area contributed by atoms with Gasteiger partial charge in [-0.3, -0.25) is 0 Å². The van der Waals surface area contributed by atoms with Crippen LogP contribution in [0.5, 0.6) is 0 Å². The number of imidazole rings is 1. The van der Waals surface area contributed by atoms with E-state index in [-0.39, 0.29) is 42.8 Å². The van der Waals surface area contributed by atoms with Crippen LogP contribution in [-0.2, 0) is 11.3 Å². The Morgan fingerprint density at radius 2 is 1.91 bits per heavy atom. The van der Waals surface area contributed by atoms with Crippen LogP contribution in [0.4, 0.5) is 18.0 Å². The van der Waals surface area contributed by atoms with Gasteiger partial charge < -0.3 is 29.5 Å². The lowest BCUT2D eigenvalue weighted by molar-refractivity contribution is 0.0208. The normalized spacial score (nSPS) is 23.5. The van der Waals surface area contributed by atoms with Gasteiger partial charge in [0.05, 0.1) is 17.8 Å². The number of nitrogens with zero attached hydrogens (tertiary/aromatic N) is 4. The van der Waals surface area contributed by atoms with E-state index in [0.29, 0.717) is 57.9 Å². The quantitative estimate of drug-likeness (QED) is 0.403. The van der Waals surface area contributed by atoms with Crippen LogP contribution in [0.2, 0.25) is 0 Å². The number of hydrogen-bond donors (Lipinski definition) is 2. The highest BCUT2D eigenvalue weighted by Crippen LogP contribution is 2.39. The Hall–Kier alpha value is -3.41. The molecule has 230 valence electrons. The molecule has 3 aliphatic rings. The molecular weight excluding hydrogens is 559 g/mol. The monoisotopic (exact) mass is 597 g/mol. The molecule has 0 spiro atoms. The van der Waals surface area contributed by atoms with Gasteiger partial charge in [-0.05, 0) is 48.9 Å². The fraction of sp³-hybridized carbons (Fsp3) is 0.500. The van der Waals surface area contributed by atoms with Crippen molar-refractivity contribution in [2.24, 2.45) is 11.8 Å². The number of alkyl halides is 1. The summed E-state index contributed by atoms with van der Waals surface area (Å²) in [6, 6.07) is 12.1. The summed E-state index contributed by atoms with van der Waals surface area (Å²) in [5, 5.41) is 13.4. The number of carbonyl (C=O) groups is 1. The molecule has 4 heterocycles. The van der Waals surface area contributed by atoms with Crippen molar-refractivity contribution in [1.82, 2.24) is 24.7 Å². The smallest absolute Gasteiger partial charge is 0.320 e. The maximum atomic E-state index is 15.1. The Balaban J connectivity index is 1.48. The number of amides is 2. The van der Waals surface area contributed by atoms with Crippen molar-refractivity contribution in [2.75, 3.05) is 45.9 Å². The summed E-state index contributed by atoms with van der Waals surface area (Å²) in [6.45, 7) is 2.83. The van der Waals surface area contributed by atoms with Crippen LogP contribution in [0.25, 0.3) is 11.3 Å². The lowest BCUT2D eigenvalue weighted by Crippen LogP contribution is -2.50. The largest absolute Gasteiger partial charge is 0.391 e. The molecule has 0 saturated carbocycles. The Morgan fingerprint density at radius 3 is 2.60 bits per heavy atom. The van der Waals surface area contributed by atoms with Crippen molar-refractivity contribution < 1.29 is 27.8 Å². The summed E-state index contributed by atoms with van der Waals surface area (Å²) >= 11 is 0. The first-order valence-corrected chi connectivity index (χ1v) is 15.1. The van der Waals surface area contributed by atoms with Crippen molar-refractivity contribution in [3.63, 3.8) is 0 Å². The van der Waals surface area contributed by atoms with Gasteiger partial charge >= 0.3 is 6.03 Å². The second-order valence-corrected chi connectivity index (χ2v) is 11.9. The van der Waals surface area contributed by atoms with Crippen molar-refractivity contribution in [1.29, 1.82) is 0 Å². The third-order valence-electron chi connectivity index (χ3n) is 8.89. The number of aliphatic hydroxyl groups excluding tert-OH is 1. The molecule has 2 aromatic carbocycles. The van der Waals surface area contributed by atoms with Crippen LogP contribution >= 0.6 is 0 Å². The summed E-state index contributed by atoms with van der Waals surface area (Å²) in [4.78, 5) is 22.6. The second-order valence-electron chi connectivity index (χ2n) is 11.9. The third kappa shape index (κ3) is 6.58. The van der Waals surface area contributed by atoms with Gasteiger partial charge in [0, 0.05) is 70.2 Å². The van der Waals surface area contributed by atoms with Gasteiger partial charge in [0.2, 0.25) is 0 Å². The van der Waals surface area contributed by atoms with Gasteiger partial charge in [-0.25, -0.2) is 22.9 Å². The zero-order valence-electron chi connectivity index (χ0n) is 24.0. The number of aromatic nitrogens is 2. The third-order valence-corrected chi connectivity index (χ3v) is 8.89. The maximum absolute atomic E-state index is 15.1. The van der Waals surface area contributed by atoms with Gasteiger partial charge in [-0.15, -0.1) is 0 Å². The number of rotatable bonds is 8. The number of ether oxygens (including phenoxy) is 1. The summed E-state index contributed by atoms with van der Waals surface area (Å²) in [7, 11) is 0. The van der Waals surface area contributed by atoms with Crippen molar-refractivity contribution >= 4 is 6.03 Å². The summed E-state index contributed by atoms with van der Waals surface area (Å²) in [5.74, 6) is -1.14. The van der Waals surface area contributed by atoms with E-state index in [4.69, 9.17) is 9.72 Å². The average molecular weight is 598 g/mol. The zero-order chi connectivity index (χ0) is 29.9. The van der Waals surface area contributed by atoms with Gasteiger partial charge in [-0.2, -0.15) is 0 Å². The number of halogens is 3. The maximum Gasteiger partial charge on any atom is 0.320 e. The van der Waals surface area contributed by atoms with E-state index >= 15 is 8.78 Å². The highest BCUT2D eigenvalue weighted by molar-refractivity contribution is 5.75. The highest BCUT2D eigenvalue weighted by Gasteiger charge is 2.42. The van der Waals surface area contributed by atoms with E-state index in [1.807, 2.05) is 34.9 Å². The number of β-amino-alcohol motifs (C(OH)–C–C–N with tert-alkyl or cyclic N) is 1. The predicted molar refractivity (Wildman–Crippen MR) is 155 cm³/mol. The van der Waals surface area contributed by atoms with Crippen LogP contribution in [0, 0.1) is 23.5 Å². The minimum Gasteiger partial charge on any atom is -0.391 e. The Bertz CT molecular complexity index is 1400. The molecule has 0 aliphatic carbocycles. The van der Waals surface area contributed by atoms with E-state index in [1.54, 1.807) is 16.0 Å². The lowest BCUT2D eigenvalue weighted by Gasteiger charge is -2.41. The fourth-order valence-corrected chi connectivity index (χ4v) is 6.57. The van der Waals surface area contributed by atoms with Crippen LogP contribution in [0.15, 0.2) is 54.7 Å². The molecule has 0 bridgehead atoms. The molecule has 8 nitrogen and oxygen atoms in total. The zero-order valence-corrected chi connectivity index (χ0v) is 24.0. The number of carbonyl (C=O) groups excluding carboxylic acids is 1. The van der Waals surface area contributed by atoms with Crippen molar-refractivity contribution in [3.8, 4) is 11.3 Å².